The van der Waals surface area contributed by atoms with Crippen molar-refractivity contribution in [1.29, 1.82) is 0 Å². The first-order chi connectivity index (χ1) is 10.0. The second-order valence-corrected chi connectivity index (χ2v) is 5.12. The number of ether oxygens (including phenoxy) is 1. The van der Waals surface area contributed by atoms with Gasteiger partial charge in [-0.2, -0.15) is 0 Å². The number of aromatic hydroxyl groups is 1. The van der Waals surface area contributed by atoms with Crippen LogP contribution in [0.3, 0.4) is 0 Å². The number of benzene rings is 2. The number of carbonyl (C=O) groups is 1. The summed E-state index contributed by atoms with van der Waals surface area (Å²) >= 11 is 0. The molecule has 0 saturated heterocycles. The van der Waals surface area contributed by atoms with Crippen LogP contribution in [0.1, 0.15) is 35.7 Å². The van der Waals surface area contributed by atoms with Crippen LogP contribution in [0.25, 0.3) is 0 Å². The Morgan fingerprint density at radius 2 is 1.95 bits per heavy atom. The zero-order valence-corrected chi connectivity index (χ0v) is 12.4. The summed E-state index contributed by atoms with van der Waals surface area (Å²) in [6.07, 6.45) is 0. The second kappa shape index (κ2) is 6.31. The van der Waals surface area contributed by atoms with E-state index in [-0.39, 0.29) is 17.2 Å². The highest BCUT2D eigenvalue weighted by Crippen LogP contribution is 2.25. The fraction of sp³-hybridized carbons (Fsp3) is 0.235. The number of carbonyl (C=O) groups excluding carboxylic acids is 1. The molecule has 4 heteroatoms. The number of methoxy groups -OCH3 is 1. The van der Waals surface area contributed by atoms with Gasteiger partial charge >= 0.3 is 0 Å². The monoisotopic (exact) mass is 285 g/mol. The van der Waals surface area contributed by atoms with E-state index in [0.29, 0.717) is 17.4 Å². The Bertz CT molecular complexity index is 650. The predicted octanol–water partition coefficient (Wildman–Crippen LogP) is 3.78. The molecule has 0 saturated carbocycles. The predicted molar refractivity (Wildman–Crippen MR) is 83.1 cm³/mol. The van der Waals surface area contributed by atoms with Gasteiger partial charge in [0.15, 0.2) is 0 Å². The summed E-state index contributed by atoms with van der Waals surface area (Å²) < 4.78 is 5.00. The van der Waals surface area contributed by atoms with Crippen LogP contribution >= 0.6 is 0 Å². The lowest BCUT2D eigenvalue weighted by molar-refractivity contribution is 0.102. The van der Waals surface area contributed by atoms with E-state index in [1.165, 1.54) is 19.2 Å². The topological polar surface area (TPSA) is 58.6 Å². The number of anilines is 1. The first kappa shape index (κ1) is 14.9. The van der Waals surface area contributed by atoms with Gasteiger partial charge in [0.05, 0.1) is 12.7 Å². The molecule has 2 aromatic carbocycles. The van der Waals surface area contributed by atoms with Gasteiger partial charge in [0.1, 0.15) is 11.5 Å². The minimum atomic E-state index is -0.351. The molecule has 0 fully saturated rings. The zero-order valence-electron chi connectivity index (χ0n) is 12.4. The van der Waals surface area contributed by atoms with Gasteiger partial charge in [-0.15, -0.1) is 0 Å². The zero-order chi connectivity index (χ0) is 15.4. The Balaban J connectivity index is 2.20. The molecular weight excluding hydrogens is 266 g/mol. The number of hydrogen-bond donors (Lipinski definition) is 2. The number of nitrogens with one attached hydrogen (secondary N) is 1. The maximum Gasteiger partial charge on any atom is 0.259 e. The first-order valence-corrected chi connectivity index (χ1v) is 6.79. The standard InChI is InChI=1S/C17H19NO3/c1-11(2)12-5-4-6-13(9-12)18-17(20)15-8-7-14(21-3)10-16(15)19/h4-11,19H,1-3H3,(H,18,20). The molecule has 2 rings (SSSR count). The molecule has 0 heterocycles. The van der Waals surface area contributed by atoms with Gasteiger partial charge < -0.3 is 15.2 Å². The molecule has 0 spiro atoms. The molecule has 2 aromatic rings. The molecule has 0 aliphatic heterocycles. The summed E-state index contributed by atoms with van der Waals surface area (Å²) in [5.74, 6) is 0.435. The molecule has 0 aromatic heterocycles. The molecule has 0 radical (unpaired) electrons. The third-order valence-corrected chi connectivity index (χ3v) is 3.26. The van der Waals surface area contributed by atoms with Crippen molar-refractivity contribution in [2.45, 2.75) is 19.8 Å². The largest absolute Gasteiger partial charge is 0.507 e. The van der Waals surface area contributed by atoms with Crippen molar-refractivity contribution in [2.24, 2.45) is 0 Å². The van der Waals surface area contributed by atoms with Crippen molar-refractivity contribution in [3.05, 3.63) is 53.6 Å². The van der Waals surface area contributed by atoms with E-state index in [4.69, 9.17) is 4.74 Å². The van der Waals surface area contributed by atoms with E-state index in [1.54, 1.807) is 6.07 Å². The van der Waals surface area contributed by atoms with Crippen LogP contribution < -0.4 is 10.1 Å². The van der Waals surface area contributed by atoms with Gasteiger partial charge in [0, 0.05) is 11.8 Å². The van der Waals surface area contributed by atoms with Gasteiger partial charge in [-0.3, -0.25) is 4.79 Å². The molecular formula is C17H19NO3. The third kappa shape index (κ3) is 3.54. The lowest BCUT2D eigenvalue weighted by atomic mass is 10.0. The quantitative estimate of drug-likeness (QED) is 0.898. The lowest BCUT2D eigenvalue weighted by Crippen LogP contribution is -2.12. The molecule has 21 heavy (non-hydrogen) atoms. The summed E-state index contributed by atoms with van der Waals surface area (Å²) in [7, 11) is 1.51. The molecule has 0 unspecified atom stereocenters. The van der Waals surface area contributed by atoms with E-state index in [0.717, 1.165) is 5.56 Å². The Morgan fingerprint density at radius 3 is 2.57 bits per heavy atom. The van der Waals surface area contributed by atoms with E-state index in [1.807, 2.05) is 24.3 Å². The van der Waals surface area contributed by atoms with E-state index < -0.39 is 0 Å². The number of rotatable bonds is 4. The lowest BCUT2D eigenvalue weighted by Gasteiger charge is -2.11. The Labute approximate surface area is 124 Å². The third-order valence-electron chi connectivity index (χ3n) is 3.26. The van der Waals surface area contributed by atoms with Gasteiger partial charge in [-0.05, 0) is 35.7 Å². The summed E-state index contributed by atoms with van der Waals surface area (Å²) in [6.45, 7) is 4.19. The Morgan fingerprint density at radius 1 is 1.19 bits per heavy atom. The summed E-state index contributed by atoms with van der Waals surface area (Å²) in [5, 5.41) is 12.7. The summed E-state index contributed by atoms with van der Waals surface area (Å²) in [4.78, 5) is 12.2. The Hall–Kier alpha value is -2.49. The molecule has 0 aliphatic carbocycles. The summed E-state index contributed by atoms with van der Waals surface area (Å²) in [5.41, 5.74) is 2.07. The first-order valence-electron chi connectivity index (χ1n) is 6.79. The normalized spacial score (nSPS) is 10.5. The van der Waals surface area contributed by atoms with Crippen molar-refractivity contribution in [3.8, 4) is 11.5 Å². The minimum Gasteiger partial charge on any atom is -0.507 e. The number of hydrogen-bond acceptors (Lipinski definition) is 3. The SMILES string of the molecule is COc1ccc(C(=O)Nc2cccc(C(C)C)c2)c(O)c1. The van der Waals surface area contributed by atoms with Gasteiger partial charge in [-0.1, -0.05) is 26.0 Å². The average Bonchev–Trinajstić information content (AvgIpc) is 2.47. The maximum absolute atomic E-state index is 12.2. The van der Waals surface area contributed by atoms with Crippen molar-refractivity contribution in [1.82, 2.24) is 0 Å². The fourth-order valence-corrected chi connectivity index (χ4v) is 2.00. The molecule has 0 bridgehead atoms. The molecule has 4 nitrogen and oxygen atoms in total. The minimum absolute atomic E-state index is 0.105. The van der Waals surface area contributed by atoms with E-state index >= 15 is 0 Å². The van der Waals surface area contributed by atoms with Crippen LogP contribution in [-0.4, -0.2) is 18.1 Å². The number of amides is 1. The van der Waals surface area contributed by atoms with Crippen molar-refractivity contribution < 1.29 is 14.6 Å². The van der Waals surface area contributed by atoms with Crippen LogP contribution in [0.15, 0.2) is 42.5 Å². The van der Waals surface area contributed by atoms with Crippen molar-refractivity contribution in [3.63, 3.8) is 0 Å². The van der Waals surface area contributed by atoms with Crippen LogP contribution in [-0.2, 0) is 0 Å². The van der Waals surface area contributed by atoms with E-state index in [2.05, 4.69) is 19.2 Å². The van der Waals surface area contributed by atoms with Crippen LogP contribution in [0.2, 0.25) is 0 Å². The van der Waals surface area contributed by atoms with Crippen LogP contribution in [0.5, 0.6) is 11.5 Å². The van der Waals surface area contributed by atoms with Crippen LogP contribution in [0.4, 0.5) is 5.69 Å². The van der Waals surface area contributed by atoms with E-state index in [9.17, 15) is 9.90 Å². The van der Waals surface area contributed by atoms with Gasteiger partial charge in [0.2, 0.25) is 0 Å². The number of phenolic OH excluding ortho intramolecular Hbond substituents is 1. The molecule has 1 amide bonds. The molecule has 0 atom stereocenters. The Kier molecular flexibility index (Phi) is 4.48. The average molecular weight is 285 g/mol. The van der Waals surface area contributed by atoms with Gasteiger partial charge in [-0.25, -0.2) is 0 Å². The van der Waals surface area contributed by atoms with Crippen LogP contribution in [0, 0.1) is 0 Å². The highest BCUT2D eigenvalue weighted by Gasteiger charge is 2.12. The number of phenols is 1. The smallest absolute Gasteiger partial charge is 0.259 e. The highest BCUT2D eigenvalue weighted by atomic mass is 16.5. The molecule has 110 valence electrons. The van der Waals surface area contributed by atoms with Crippen molar-refractivity contribution in [2.75, 3.05) is 12.4 Å². The second-order valence-electron chi connectivity index (χ2n) is 5.12. The van der Waals surface area contributed by atoms with Gasteiger partial charge in [0.25, 0.3) is 5.91 Å². The summed E-state index contributed by atoms with van der Waals surface area (Å²) in [6, 6.07) is 12.3. The molecule has 2 N–H and O–H groups in total. The fourth-order valence-electron chi connectivity index (χ4n) is 2.00. The maximum atomic E-state index is 12.2. The highest BCUT2D eigenvalue weighted by molar-refractivity contribution is 6.06. The van der Waals surface area contributed by atoms with Crippen molar-refractivity contribution >= 4 is 11.6 Å². The molecule has 0 aliphatic rings.